The first-order valence-corrected chi connectivity index (χ1v) is 11.5. The first kappa shape index (κ1) is 23.8. The lowest BCUT2D eigenvalue weighted by Crippen LogP contribution is -2.34. The highest BCUT2D eigenvalue weighted by Gasteiger charge is 2.26. The normalized spacial score (nSPS) is 14.0. The minimum absolute atomic E-state index is 0.111. The van der Waals surface area contributed by atoms with E-state index in [1.54, 1.807) is 38.1 Å². The van der Waals surface area contributed by atoms with Crippen molar-refractivity contribution in [3.63, 3.8) is 0 Å². The van der Waals surface area contributed by atoms with E-state index in [0.717, 1.165) is 11.1 Å². The van der Waals surface area contributed by atoms with Crippen LogP contribution < -0.4 is 0 Å². The summed E-state index contributed by atoms with van der Waals surface area (Å²) in [5.74, 6) is 0. The minimum atomic E-state index is -4.17. The average molecular weight is 456 g/mol. The Bertz CT molecular complexity index is 1110. The Labute approximate surface area is 175 Å². The Morgan fingerprint density at radius 1 is 0.867 bits per heavy atom. The molecule has 0 aliphatic rings. The number of rotatable bonds is 10. The van der Waals surface area contributed by atoms with Crippen molar-refractivity contribution in [3.8, 4) is 0 Å². The highest BCUT2D eigenvalue weighted by molar-refractivity contribution is 7.87. The molecule has 0 fully saturated rings. The summed E-state index contributed by atoms with van der Waals surface area (Å²) in [5.41, 5.74) is 10.4. The first-order chi connectivity index (χ1) is 14.0. The Morgan fingerprint density at radius 2 is 1.27 bits per heavy atom. The molecule has 0 aliphatic carbocycles. The lowest BCUT2D eigenvalue weighted by atomic mass is 10.2. The van der Waals surface area contributed by atoms with Crippen LogP contribution in [0.3, 0.4) is 0 Å². The SMILES string of the molecule is Cc1ccc(S(=O)(=O)OCC(O)C(COS(=O)(=O)c2ccc(C)cc2)N=[N+]=[N-])cc1. The highest BCUT2D eigenvalue weighted by atomic mass is 32.2. The molecule has 0 aromatic heterocycles. The predicted octanol–water partition coefficient (Wildman–Crippen LogP) is 2.45. The minimum Gasteiger partial charge on any atom is -0.390 e. The van der Waals surface area contributed by atoms with Crippen molar-refractivity contribution >= 4 is 20.2 Å². The molecule has 0 amide bonds. The first-order valence-electron chi connectivity index (χ1n) is 8.69. The van der Waals surface area contributed by atoms with E-state index in [0.29, 0.717) is 0 Å². The van der Waals surface area contributed by atoms with E-state index in [1.807, 2.05) is 0 Å². The van der Waals surface area contributed by atoms with Crippen molar-refractivity contribution in [1.82, 2.24) is 0 Å². The number of azide groups is 1. The summed E-state index contributed by atoms with van der Waals surface area (Å²) in [6, 6.07) is 10.3. The van der Waals surface area contributed by atoms with Crippen molar-refractivity contribution in [2.24, 2.45) is 5.11 Å². The zero-order valence-corrected chi connectivity index (χ0v) is 17.9. The van der Waals surface area contributed by atoms with Crippen LogP contribution in [0.5, 0.6) is 0 Å². The fraction of sp³-hybridized carbons (Fsp3) is 0.333. The second kappa shape index (κ2) is 10.0. The molecular weight excluding hydrogens is 434 g/mol. The Morgan fingerprint density at radius 3 is 1.67 bits per heavy atom. The summed E-state index contributed by atoms with van der Waals surface area (Å²) in [5, 5.41) is 13.5. The summed E-state index contributed by atoms with van der Waals surface area (Å²) in [6.45, 7) is 2.12. The van der Waals surface area contributed by atoms with Gasteiger partial charge in [-0.15, -0.1) is 0 Å². The molecule has 0 radical (unpaired) electrons. The number of benzene rings is 2. The van der Waals surface area contributed by atoms with Gasteiger partial charge in [0.15, 0.2) is 0 Å². The molecule has 0 spiro atoms. The van der Waals surface area contributed by atoms with E-state index in [4.69, 9.17) is 13.9 Å². The Kier molecular flexibility index (Phi) is 7.96. The molecule has 2 aromatic carbocycles. The van der Waals surface area contributed by atoms with Gasteiger partial charge < -0.3 is 5.11 Å². The number of aliphatic hydroxyl groups excluding tert-OH is 1. The summed E-state index contributed by atoms with van der Waals surface area (Å²) >= 11 is 0. The lowest BCUT2D eigenvalue weighted by Gasteiger charge is -2.18. The maximum Gasteiger partial charge on any atom is 0.297 e. The summed E-state index contributed by atoms with van der Waals surface area (Å²) in [4.78, 5) is 2.32. The molecule has 0 saturated carbocycles. The highest BCUT2D eigenvalue weighted by Crippen LogP contribution is 2.17. The molecule has 10 nitrogen and oxygen atoms in total. The topological polar surface area (TPSA) is 156 Å². The van der Waals surface area contributed by atoms with E-state index >= 15 is 0 Å². The standard InChI is InChI=1S/C18H21N3O7S2/c1-13-3-7-15(8-4-13)29(23,24)27-11-17(20-21-19)18(22)12-28-30(25,26)16-9-5-14(2)6-10-16/h3-10,17-18,22H,11-12H2,1-2H3. The van der Waals surface area contributed by atoms with Gasteiger partial charge in [-0.05, 0) is 43.6 Å². The largest absolute Gasteiger partial charge is 0.390 e. The number of nitrogens with zero attached hydrogens (tertiary/aromatic N) is 3. The van der Waals surface area contributed by atoms with E-state index in [9.17, 15) is 21.9 Å². The van der Waals surface area contributed by atoms with Crippen LogP contribution in [0, 0.1) is 13.8 Å². The molecule has 12 heteroatoms. The van der Waals surface area contributed by atoms with Crippen molar-refractivity contribution < 1.29 is 30.3 Å². The van der Waals surface area contributed by atoms with Gasteiger partial charge in [-0.3, -0.25) is 8.37 Å². The van der Waals surface area contributed by atoms with Crippen LogP contribution in [0.4, 0.5) is 0 Å². The summed E-state index contributed by atoms with van der Waals surface area (Å²) in [6.07, 6.45) is -1.63. The van der Waals surface area contributed by atoms with Gasteiger partial charge in [-0.25, -0.2) is 0 Å². The third kappa shape index (κ3) is 6.52. The van der Waals surface area contributed by atoms with Crippen molar-refractivity contribution in [2.45, 2.75) is 35.8 Å². The van der Waals surface area contributed by atoms with Crippen LogP contribution in [0.25, 0.3) is 10.4 Å². The fourth-order valence-corrected chi connectivity index (χ4v) is 4.11. The third-order valence-corrected chi connectivity index (χ3v) is 6.64. The molecule has 2 aromatic rings. The van der Waals surface area contributed by atoms with Gasteiger partial charge in [0.2, 0.25) is 0 Å². The lowest BCUT2D eigenvalue weighted by molar-refractivity contribution is 0.0717. The van der Waals surface area contributed by atoms with Gasteiger partial charge in [-0.2, -0.15) is 16.8 Å². The summed E-state index contributed by atoms with van der Waals surface area (Å²) < 4.78 is 58.5. The maximum absolute atomic E-state index is 12.2. The van der Waals surface area contributed by atoms with Gasteiger partial charge in [0.05, 0.1) is 35.2 Å². The Hall–Kier alpha value is -2.47. The molecule has 0 heterocycles. The average Bonchev–Trinajstić information content (AvgIpc) is 2.70. The maximum atomic E-state index is 12.2. The quantitative estimate of drug-likeness (QED) is 0.249. The van der Waals surface area contributed by atoms with Crippen molar-refractivity contribution in [2.75, 3.05) is 13.2 Å². The molecule has 0 saturated heterocycles. The smallest absolute Gasteiger partial charge is 0.297 e. The third-order valence-electron chi connectivity index (χ3n) is 4.05. The molecule has 2 atom stereocenters. The number of aliphatic hydroxyl groups is 1. The molecule has 162 valence electrons. The van der Waals surface area contributed by atoms with Gasteiger partial charge in [0, 0.05) is 4.91 Å². The molecule has 30 heavy (non-hydrogen) atoms. The molecule has 0 bridgehead atoms. The second-order valence-corrected chi connectivity index (χ2v) is 9.67. The van der Waals surface area contributed by atoms with Gasteiger partial charge >= 0.3 is 0 Å². The monoisotopic (exact) mass is 455 g/mol. The van der Waals surface area contributed by atoms with Crippen LogP contribution in [0.1, 0.15) is 11.1 Å². The van der Waals surface area contributed by atoms with E-state index < -0.39 is 45.6 Å². The van der Waals surface area contributed by atoms with E-state index in [-0.39, 0.29) is 9.79 Å². The zero-order chi connectivity index (χ0) is 22.4. The molecule has 0 aliphatic heterocycles. The van der Waals surface area contributed by atoms with Crippen LogP contribution in [0.2, 0.25) is 0 Å². The molecular formula is C18H21N3O7S2. The Balaban J connectivity index is 2.03. The molecule has 2 unspecified atom stereocenters. The predicted molar refractivity (Wildman–Crippen MR) is 108 cm³/mol. The van der Waals surface area contributed by atoms with Crippen LogP contribution in [-0.2, 0) is 28.6 Å². The van der Waals surface area contributed by atoms with Crippen LogP contribution in [0.15, 0.2) is 63.4 Å². The van der Waals surface area contributed by atoms with E-state index in [2.05, 4.69) is 10.0 Å². The molecule has 1 N–H and O–H groups in total. The molecule has 2 rings (SSSR count). The fourth-order valence-electron chi connectivity index (χ4n) is 2.26. The number of hydrogen-bond donors (Lipinski definition) is 1. The van der Waals surface area contributed by atoms with E-state index in [1.165, 1.54) is 24.3 Å². The van der Waals surface area contributed by atoms with Crippen LogP contribution >= 0.6 is 0 Å². The van der Waals surface area contributed by atoms with Crippen LogP contribution in [-0.4, -0.2) is 47.3 Å². The van der Waals surface area contributed by atoms with Gasteiger partial charge in [0.25, 0.3) is 20.2 Å². The zero-order valence-electron chi connectivity index (χ0n) is 16.2. The number of hydrogen-bond acceptors (Lipinski definition) is 8. The van der Waals surface area contributed by atoms with Crippen molar-refractivity contribution in [1.29, 1.82) is 0 Å². The van der Waals surface area contributed by atoms with Gasteiger partial charge in [0.1, 0.15) is 0 Å². The number of aryl methyl sites for hydroxylation is 2. The van der Waals surface area contributed by atoms with Crippen molar-refractivity contribution in [3.05, 3.63) is 70.1 Å². The van der Waals surface area contributed by atoms with Gasteiger partial charge in [-0.1, -0.05) is 40.5 Å². The second-order valence-electron chi connectivity index (χ2n) is 6.44. The summed E-state index contributed by atoms with van der Waals surface area (Å²) in [7, 11) is -8.33.